The lowest BCUT2D eigenvalue weighted by molar-refractivity contribution is -0.152. The van der Waals surface area contributed by atoms with Crippen molar-refractivity contribution in [3.63, 3.8) is 0 Å². The van der Waals surface area contributed by atoms with Crippen LogP contribution in [0.15, 0.2) is 0 Å². The number of amides is 1. The molecule has 1 amide bonds. The molecule has 2 unspecified atom stereocenters. The van der Waals surface area contributed by atoms with E-state index in [4.69, 9.17) is 10.5 Å². The predicted octanol–water partition coefficient (Wildman–Crippen LogP) is -0.179. The van der Waals surface area contributed by atoms with Gasteiger partial charge in [-0.2, -0.15) is 0 Å². The Bertz CT molecular complexity index is 372. The van der Waals surface area contributed by atoms with Gasteiger partial charge in [0.15, 0.2) is 6.04 Å². The van der Waals surface area contributed by atoms with Crippen LogP contribution in [0, 0.1) is 0 Å². The van der Waals surface area contributed by atoms with Crippen molar-refractivity contribution in [2.75, 3.05) is 20.3 Å². The molecule has 0 aromatic rings. The Balaban J connectivity index is 2.71. The van der Waals surface area contributed by atoms with E-state index in [0.717, 1.165) is 12.8 Å². The molecule has 1 aliphatic rings. The monoisotopic (exact) mass is 286 g/mol. The lowest BCUT2D eigenvalue weighted by Gasteiger charge is -2.36. The van der Waals surface area contributed by atoms with E-state index >= 15 is 0 Å². The first-order valence-electron chi connectivity index (χ1n) is 6.80. The molecule has 0 aliphatic carbocycles. The van der Waals surface area contributed by atoms with Crippen LogP contribution in [0.2, 0.25) is 0 Å². The Kier molecular flexibility index (Phi) is 6.44. The number of likely N-dealkylation sites (tertiary alicyclic amines) is 1. The number of nitrogens with two attached hydrogens (primary N) is 1. The van der Waals surface area contributed by atoms with Gasteiger partial charge in [-0.1, -0.05) is 0 Å². The zero-order valence-corrected chi connectivity index (χ0v) is 12.0. The fraction of sp³-hybridized carbons (Fsp3) is 0.769. The number of hydrogen-bond acceptors (Lipinski definition) is 6. The Labute approximate surface area is 118 Å². The van der Waals surface area contributed by atoms with Crippen LogP contribution >= 0.6 is 0 Å². The molecule has 2 atom stereocenters. The predicted molar refractivity (Wildman–Crippen MR) is 70.6 cm³/mol. The minimum atomic E-state index is -1.33. The molecular formula is C13H22N2O5. The number of carbonyl (C=O) groups excluding carboxylic acids is 3. The summed E-state index contributed by atoms with van der Waals surface area (Å²) in [6.07, 6.45) is 2.59. The number of carbonyl (C=O) groups is 3. The van der Waals surface area contributed by atoms with E-state index in [1.807, 2.05) is 0 Å². The van der Waals surface area contributed by atoms with Gasteiger partial charge in [0.05, 0.1) is 20.1 Å². The van der Waals surface area contributed by atoms with Crippen LogP contribution in [0.4, 0.5) is 0 Å². The molecule has 7 heteroatoms. The van der Waals surface area contributed by atoms with Crippen LogP contribution in [-0.4, -0.2) is 55.1 Å². The largest absolute Gasteiger partial charge is 0.469 e. The molecule has 1 fully saturated rings. The second kappa shape index (κ2) is 7.84. The summed E-state index contributed by atoms with van der Waals surface area (Å²) in [5.74, 6) is -1.60. The first-order valence-corrected chi connectivity index (χ1v) is 6.80. The average Bonchev–Trinajstić information content (AvgIpc) is 2.46. The molecule has 0 aromatic heterocycles. The number of methoxy groups -OCH3 is 1. The highest BCUT2D eigenvalue weighted by Crippen LogP contribution is 2.21. The molecular weight excluding hydrogens is 264 g/mol. The molecule has 1 saturated heterocycles. The molecule has 1 rings (SSSR count). The number of nitrogens with zero attached hydrogens (tertiary/aromatic N) is 1. The molecule has 0 spiro atoms. The third kappa shape index (κ3) is 4.19. The van der Waals surface area contributed by atoms with Crippen molar-refractivity contribution < 1.29 is 23.9 Å². The lowest BCUT2D eigenvalue weighted by atomic mass is 9.98. The summed E-state index contributed by atoms with van der Waals surface area (Å²) >= 11 is 0. The third-order valence-corrected chi connectivity index (χ3v) is 3.35. The van der Waals surface area contributed by atoms with Crippen molar-refractivity contribution >= 4 is 17.8 Å². The maximum atomic E-state index is 12.2. The highest BCUT2D eigenvalue weighted by Gasteiger charge is 2.34. The van der Waals surface area contributed by atoms with Gasteiger partial charge in [0.25, 0.3) is 5.91 Å². The zero-order valence-electron chi connectivity index (χ0n) is 12.0. The summed E-state index contributed by atoms with van der Waals surface area (Å²) in [5, 5.41) is 0. The second-order valence-electron chi connectivity index (χ2n) is 4.69. The van der Waals surface area contributed by atoms with Crippen LogP contribution in [0.5, 0.6) is 0 Å². The number of ether oxygens (including phenoxy) is 2. The first kappa shape index (κ1) is 16.4. The van der Waals surface area contributed by atoms with Crippen molar-refractivity contribution in [2.45, 2.75) is 44.7 Å². The molecule has 0 radical (unpaired) electrons. The van der Waals surface area contributed by atoms with E-state index in [1.54, 1.807) is 6.92 Å². The highest BCUT2D eigenvalue weighted by molar-refractivity contribution is 6.01. The van der Waals surface area contributed by atoms with Crippen molar-refractivity contribution in [1.29, 1.82) is 0 Å². The van der Waals surface area contributed by atoms with Gasteiger partial charge < -0.3 is 20.1 Å². The van der Waals surface area contributed by atoms with Gasteiger partial charge in [0.1, 0.15) is 0 Å². The average molecular weight is 286 g/mol. The van der Waals surface area contributed by atoms with Gasteiger partial charge in [0, 0.05) is 12.6 Å². The van der Waals surface area contributed by atoms with Gasteiger partial charge in [-0.3, -0.25) is 9.59 Å². The molecule has 7 nitrogen and oxygen atoms in total. The van der Waals surface area contributed by atoms with E-state index in [2.05, 4.69) is 4.74 Å². The van der Waals surface area contributed by atoms with Crippen molar-refractivity contribution in [3.05, 3.63) is 0 Å². The van der Waals surface area contributed by atoms with Crippen LogP contribution in [0.1, 0.15) is 32.6 Å². The fourth-order valence-electron chi connectivity index (χ4n) is 2.29. The van der Waals surface area contributed by atoms with Crippen LogP contribution in [0.25, 0.3) is 0 Å². The summed E-state index contributed by atoms with van der Waals surface area (Å²) in [6.45, 7) is 2.31. The summed E-state index contributed by atoms with van der Waals surface area (Å²) in [6, 6.07) is -1.59. The molecule has 2 N–H and O–H groups in total. The smallest absolute Gasteiger partial charge is 0.332 e. The molecule has 1 aliphatic heterocycles. The van der Waals surface area contributed by atoms with Crippen molar-refractivity contribution in [1.82, 2.24) is 4.90 Å². The number of hydrogen-bond donors (Lipinski definition) is 1. The zero-order chi connectivity index (χ0) is 15.1. The maximum absolute atomic E-state index is 12.2. The van der Waals surface area contributed by atoms with Gasteiger partial charge >= 0.3 is 11.9 Å². The first-order chi connectivity index (χ1) is 9.51. The van der Waals surface area contributed by atoms with Crippen molar-refractivity contribution in [3.8, 4) is 0 Å². The van der Waals surface area contributed by atoms with E-state index in [1.165, 1.54) is 12.0 Å². The van der Waals surface area contributed by atoms with Gasteiger partial charge in [0.2, 0.25) is 0 Å². The summed E-state index contributed by atoms with van der Waals surface area (Å²) in [7, 11) is 1.31. The highest BCUT2D eigenvalue weighted by atomic mass is 16.5. The molecule has 20 heavy (non-hydrogen) atoms. The topological polar surface area (TPSA) is 98.9 Å². The minimum Gasteiger partial charge on any atom is -0.469 e. The quantitative estimate of drug-likeness (QED) is 0.556. The summed E-state index contributed by atoms with van der Waals surface area (Å²) in [5.41, 5.74) is 5.62. The van der Waals surface area contributed by atoms with E-state index in [-0.39, 0.29) is 25.0 Å². The summed E-state index contributed by atoms with van der Waals surface area (Å²) < 4.78 is 9.38. The standard InChI is InChI=1S/C13H22N2O5/c1-3-20-13(18)11(14)12(17)15-7-5-4-6-9(15)8-10(16)19-2/h9,11H,3-8,14H2,1-2H3. The van der Waals surface area contributed by atoms with Gasteiger partial charge in [-0.25, -0.2) is 4.79 Å². The molecule has 0 bridgehead atoms. The van der Waals surface area contributed by atoms with E-state index in [0.29, 0.717) is 13.0 Å². The fourth-order valence-corrected chi connectivity index (χ4v) is 2.29. The molecule has 0 saturated carbocycles. The van der Waals surface area contributed by atoms with Crippen LogP contribution < -0.4 is 5.73 Å². The lowest BCUT2D eigenvalue weighted by Crippen LogP contribution is -2.54. The molecule has 0 aromatic carbocycles. The number of esters is 2. The van der Waals surface area contributed by atoms with Crippen molar-refractivity contribution in [2.24, 2.45) is 5.73 Å². The third-order valence-electron chi connectivity index (χ3n) is 3.35. The van der Waals surface area contributed by atoms with E-state index < -0.39 is 17.9 Å². The van der Waals surface area contributed by atoms with E-state index in [9.17, 15) is 14.4 Å². The number of piperidine rings is 1. The van der Waals surface area contributed by atoms with Gasteiger partial charge in [-0.05, 0) is 26.2 Å². The Hall–Kier alpha value is -1.63. The normalized spacial score (nSPS) is 20.1. The van der Waals surface area contributed by atoms with Gasteiger partial charge in [-0.15, -0.1) is 0 Å². The maximum Gasteiger partial charge on any atom is 0.332 e. The van der Waals surface area contributed by atoms with Crippen LogP contribution in [0.3, 0.4) is 0 Å². The molecule has 1 heterocycles. The van der Waals surface area contributed by atoms with Crippen LogP contribution in [-0.2, 0) is 23.9 Å². The Morgan fingerprint density at radius 3 is 2.65 bits per heavy atom. The number of rotatable bonds is 5. The Morgan fingerprint density at radius 2 is 2.05 bits per heavy atom. The minimum absolute atomic E-state index is 0.123. The second-order valence-corrected chi connectivity index (χ2v) is 4.69. The summed E-state index contributed by atoms with van der Waals surface area (Å²) in [4.78, 5) is 36.6. The SMILES string of the molecule is CCOC(=O)C(N)C(=O)N1CCCCC1CC(=O)OC. The Morgan fingerprint density at radius 1 is 1.35 bits per heavy atom. The molecule has 114 valence electrons.